The molecule has 0 radical (unpaired) electrons. The fraction of sp³-hybridized carbons (Fsp3) is 0.467. The number of likely N-dealkylation sites (tertiary alicyclic amines) is 1. The van der Waals surface area contributed by atoms with Gasteiger partial charge in [0.05, 0.1) is 17.3 Å². The number of carbonyl (C=O) groups excluding carboxylic acids is 2. The predicted molar refractivity (Wildman–Crippen MR) is 83.5 cm³/mol. The molecule has 114 valence electrons. The van der Waals surface area contributed by atoms with Crippen LogP contribution in [-0.2, 0) is 4.79 Å². The van der Waals surface area contributed by atoms with Crippen LogP contribution in [0.2, 0.25) is 5.02 Å². The second-order valence-electron chi connectivity index (χ2n) is 5.30. The van der Waals surface area contributed by atoms with Crippen molar-refractivity contribution in [3.05, 3.63) is 29.3 Å². The summed E-state index contributed by atoms with van der Waals surface area (Å²) < 4.78 is 0. The van der Waals surface area contributed by atoms with Crippen LogP contribution in [0.15, 0.2) is 24.3 Å². The molecule has 2 N–H and O–H groups in total. The van der Waals surface area contributed by atoms with Crippen LogP contribution >= 0.6 is 11.6 Å². The van der Waals surface area contributed by atoms with Gasteiger partial charge in [-0.25, -0.2) is 4.79 Å². The van der Waals surface area contributed by atoms with Gasteiger partial charge < -0.3 is 5.32 Å². The van der Waals surface area contributed by atoms with Gasteiger partial charge in [-0.1, -0.05) is 30.2 Å². The number of hydrogen-bond acceptors (Lipinski definition) is 3. The highest BCUT2D eigenvalue weighted by Crippen LogP contribution is 2.20. The number of benzene rings is 1. The molecule has 1 aromatic rings. The summed E-state index contributed by atoms with van der Waals surface area (Å²) in [5.41, 5.74) is 0.482. The molecule has 0 spiro atoms. The number of amides is 3. The zero-order chi connectivity index (χ0) is 15.2. The summed E-state index contributed by atoms with van der Waals surface area (Å²) >= 11 is 5.94. The molecule has 0 saturated carbocycles. The van der Waals surface area contributed by atoms with E-state index in [1.165, 1.54) is 6.42 Å². The summed E-state index contributed by atoms with van der Waals surface area (Å²) in [5, 5.41) is 5.34. The highest BCUT2D eigenvalue weighted by atomic mass is 35.5. The van der Waals surface area contributed by atoms with E-state index in [0.29, 0.717) is 16.8 Å². The summed E-state index contributed by atoms with van der Waals surface area (Å²) in [6.45, 7) is 3.26. The lowest BCUT2D eigenvalue weighted by Gasteiger charge is -2.32. The van der Waals surface area contributed by atoms with Crippen LogP contribution < -0.4 is 10.6 Å². The Bertz CT molecular complexity index is 521. The molecule has 0 aromatic heterocycles. The third-order valence-electron chi connectivity index (χ3n) is 3.66. The van der Waals surface area contributed by atoms with Crippen LogP contribution in [0.1, 0.15) is 26.2 Å². The maximum absolute atomic E-state index is 11.9. The first-order valence-electron chi connectivity index (χ1n) is 7.15. The monoisotopic (exact) mass is 309 g/mol. The van der Waals surface area contributed by atoms with Gasteiger partial charge >= 0.3 is 6.03 Å². The standard InChI is InChI=1S/C15H20ClN3O2/c1-11-6-4-5-9-19(11)10-14(20)18-15(21)17-13-8-3-2-7-12(13)16/h2-3,7-8,11H,4-6,9-10H2,1H3,(H2,17,18,20,21). The van der Waals surface area contributed by atoms with E-state index in [4.69, 9.17) is 11.6 Å². The average molecular weight is 310 g/mol. The van der Waals surface area contributed by atoms with Crippen molar-refractivity contribution in [3.8, 4) is 0 Å². The van der Waals surface area contributed by atoms with Crippen molar-refractivity contribution in [1.29, 1.82) is 0 Å². The van der Waals surface area contributed by atoms with Gasteiger partial charge in [-0.15, -0.1) is 0 Å². The summed E-state index contributed by atoms with van der Waals surface area (Å²) in [7, 11) is 0. The number of halogens is 1. The molecule has 1 unspecified atom stereocenters. The minimum absolute atomic E-state index is 0.247. The van der Waals surface area contributed by atoms with Crippen molar-refractivity contribution in [3.63, 3.8) is 0 Å². The minimum Gasteiger partial charge on any atom is -0.306 e. The topological polar surface area (TPSA) is 61.4 Å². The second-order valence-corrected chi connectivity index (χ2v) is 5.70. The smallest absolute Gasteiger partial charge is 0.306 e. The molecule has 0 bridgehead atoms. The summed E-state index contributed by atoms with van der Waals surface area (Å²) in [6.07, 6.45) is 3.40. The lowest BCUT2D eigenvalue weighted by Crippen LogP contribution is -2.46. The Morgan fingerprint density at radius 1 is 1.33 bits per heavy atom. The number of imide groups is 1. The van der Waals surface area contributed by atoms with Crippen LogP contribution in [0, 0.1) is 0 Å². The SMILES string of the molecule is CC1CCCCN1CC(=O)NC(=O)Nc1ccccc1Cl. The largest absolute Gasteiger partial charge is 0.325 e. The molecule has 1 atom stereocenters. The van der Waals surface area contributed by atoms with E-state index in [1.54, 1.807) is 24.3 Å². The molecular formula is C15H20ClN3O2. The van der Waals surface area contributed by atoms with Crippen LogP contribution in [0.4, 0.5) is 10.5 Å². The molecule has 1 saturated heterocycles. The van der Waals surface area contributed by atoms with E-state index in [9.17, 15) is 9.59 Å². The third kappa shape index (κ3) is 4.72. The molecule has 1 heterocycles. The van der Waals surface area contributed by atoms with Crippen LogP contribution in [-0.4, -0.2) is 36.0 Å². The van der Waals surface area contributed by atoms with Gasteiger partial charge in [-0.2, -0.15) is 0 Å². The van der Waals surface area contributed by atoms with Crippen LogP contribution in [0.5, 0.6) is 0 Å². The molecule has 1 aliphatic rings. The molecule has 0 aliphatic carbocycles. The van der Waals surface area contributed by atoms with Crippen molar-refractivity contribution in [2.24, 2.45) is 0 Å². The van der Waals surface area contributed by atoms with E-state index < -0.39 is 6.03 Å². The van der Waals surface area contributed by atoms with Crippen molar-refractivity contribution < 1.29 is 9.59 Å². The Hall–Kier alpha value is -1.59. The predicted octanol–water partition coefficient (Wildman–Crippen LogP) is 2.86. The van der Waals surface area contributed by atoms with Crippen molar-refractivity contribution in [2.75, 3.05) is 18.4 Å². The highest BCUT2D eigenvalue weighted by molar-refractivity contribution is 6.33. The van der Waals surface area contributed by atoms with Gasteiger partial charge in [-0.05, 0) is 38.4 Å². The first kappa shape index (κ1) is 15.8. The quantitative estimate of drug-likeness (QED) is 0.902. The normalized spacial score (nSPS) is 19.0. The maximum atomic E-state index is 11.9. The lowest BCUT2D eigenvalue weighted by molar-refractivity contribution is -0.121. The molecule has 5 nitrogen and oxygen atoms in total. The number of nitrogens with zero attached hydrogens (tertiary/aromatic N) is 1. The summed E-state index contributed by atoms with van der Waals surface area (Å²) in [6, 6.07) is 6.72. The maximum Gasteiger partial charge on any atom is 0.325 e. The Morgan fingerprint density at radius 3 is 2.81 bits per heavy atom. The highest BCUT2D eigenvalue weighted by Gasteiger charge is 2.21. The zero-order valence-corrected chi connectivity index (χ0v) is 12.8. The van der Waals surface area contributed by atoms with E-state index in [1.807, 2.05) is 0 Å². The number of nitrogens with one attached hydrogen (secondary N) is 2. The van der Waals surface area contributed by atoms with Crippen LogP contribution in [0.3, 0.4) is 0 Å². The number of urea groups is 1. The molecule has 2 rings (SSSR count). The third-order valence-corrected chi connectivity index (χ3v) is 3.99. The van der Waals surface area contributed by atoms with Crippen molar-refractivity contribution >= 4 is 29.2 Å². The van der Waals surface area contributed by atoms with Gasteiger partial charge in [0.25, 0.3) is 0 Å². The van der Waals surface area contributed by atoms with Gasteiger partial charge in [0.15, 0.2) is 0 Å². The van der Waals surface area contributed by atoms with Gasteiger partial charge in [0.1, 0.15) is 0 Å². The van der Waals surface area contributed by atoms with Gasteiger partial charge in [0.2, 0.25) is 5.91 Å². The number of rotatable bonds is 3. The molecule has 21 heavy (non-hydrogen) atoms. The Labute approximate surface area is 129 Å². The first-order valence-corrected chi connectivity index (χ1v) is 7.53. The lowest BCUT2D eigenvalue weighted by atomic mass is 10.0. The molecule has 1 fully saturated rings. The Morgan fingerprint density at radius 2 is 2.10 bits per heavy atom. The molecule has 3 amide bonds. The number of hydrogen-bond donors (Lipinski definition) is 2. The van der Waals surface area contributed by atoms with Crippen molar-refractivity contribution in [2.45, 2.75) is 32.2 Å². The Balaban J connectivity index is 1.82. The fourth-order valence-electron chi connectivity index (χ4n) is 2.46. The molecular weight excluding hydrogens is 290 g/mol. The number of para-hydroxylation sites is 1. The van der Waals surface area contributed by atoms with E-state index in [-0.39, 0.29) is 12.5 Å². The fourth-order valence-corrected chi connectivity index (χ4v) is 2.64. The minimum atomic E-state index is -0.558. The molecule has 1 aliphatic heterocycles. The summed E-state index contributed by atoms with van der Waals surface area (Å²) in [5.74, 6) is -0.298. The van der Waals surface area contributed by atoms with E-state index in [0.717, 1.165) is 19.4 Å². The Kier molecular flexibility index (Phi) is 5.59. The second kappa shape index (κ2) is 7.43. The summed E-state index contributed by atoms with van der Waals surface area (Å²) in [4.78, 5) is 25.8. The first-order chi connectivity index (χ1) is 10.1. The van der Waals surface area contributed by atoms with Crippen LogP contribution in [0.25, 0.3) is 0 Å². The van der Waals surface area contributed by atoms with Gasteiger partial charge in [0, 0.05) is 6.04 Å². The number of carbonyl (C=O) groups is 2. The molecule has 1 aromatic carbocycles. The number of anilines is 1. The van der Waals surface area contributed by atoms with Crippen molar-refractivity contribution in [1.82, 2.24) is 10.2 Å². The van der Waals surface area contributed by atoms with E-state index in [2.05, 4.69) is 22.5 Å². The van der Waals surface area contributed by atoms with E-state index >= 15 is 0 Å². The average Bonchev–Trinajstić information content (AvgIpc) is 2.44. The zero-order valence-electron chi connectivity index (χ0n) is 12.1. The van der Waals surface area contributed by atoms with Gasteiger partial charge in [-0.3, -0.25) is 15.0 Å². The molecule has 6 heteroatoms. The number of piperidine rings is 1.